The number of carbonyl (C=O) groups excluding carboxylic acids is 1. The molecule has 1 amide bonds. The molecule has 0 aliphatic carbocycles. The van der Waals surface area contributed by atoms with Crippen LogP contribution < -0.4 is 9.46 Å². The lowest BCUT2D eigenvalue weighted by atomic mass is 10.00. The third-order valence-electron chi connectivity index (χ3n) is 5.12. The van der Waals surface area contributed by atoms with Crippen molar-refractivity contribution in [3.63, 3.8) is 0 Å². The van der Waals surface area contributed by atoms with Crippen molar-refractivity contribution in [2.75, 3.05) is 40.0 Å². The van der Waals surface area contributed by atoms with Crippen molar-refractivity contribution in [3.8, 4) is 5.75 Å². The first kappa shape index (κ1) is 22.6. The van der Waals surface area contributed by atoms with Crippen LogP contribution in [-0.4, -0.2) is 59.2 Å². The number of morpholine rings is 1. The number of hydrogen-bond donors (Lipinski definition) is 1. The summed E-state index contributed by atoms with van der Waals surface area (Å²) >= 11 is 0. The van der Waals surface area contributed by atoms with Gasteiger partial charge in [-0.05, 0) is 30.5 Å². The van der Waals surface area contributed by atoms with Gasteiger partial charge in [0.1, 0.15) is 5.75 Å². The summed E-state index contributed by atoms with van der Waals surface area (Å²) in [6, 6.07) is 4.42. The van der Waals surface area contributed by atoms with Gasteiger partial charge in [0.2, 0.25) is 10.0 Å². The molecule has 0 spiro atoms. The van der Waals surface area contributed by atoms with E-state index in [1.54, 1.807) is 4.90 Å². The van der Waals surface area contributed by atoms with E-state index in [-0.39, 0.29) is 16.4 Å². The molecule has 2 rings (SSSR count). The number of sulfonamides is 1. The van der Waals surface area contributed by atoms with E-state index in [2.05, 4.69) is 18.6 Å². The largest absolute Gasteiger partial charge is 0.496 e. The van der Waals surface area contributed by atoms with Crippen molar-refractivity contribution in [1.82, 2.24) is 9.62 Å². The average Bonchev–Trinajstić information content (AvgIpc) is 2.73. The molecule has 1 saturated heterocycles. The van der Waals surface area contributed by atoms with Crippen LogP contribution in [0.4, 0.5) is 0 Å². The first-order valence-electron chi connectivity index (χ1n) is 9.97. The Labute approximate surface area is 168 Å². The number of hydrogen-bond acceptors (Lipinski definition) is 5. The van der Waals surface area contributed by atoms with Crippen molar-refractivity contribution < 1.29 is 22.7 Å². The molecular weight excluding hydrogens is 380 g/mol. The minimum Gasteiger partial charge on any atom is -0.496 e. The molecule has 1 atom stereocenters. The van der Waals surface area contributed by atoms with Gasteiger partial charge in [0, 0.05) is 19.6 Å². The fourth-order valence-corrected chi connectivity index (χ4v) is 4.35. The van der Waals surface area contributed by atoms with E-state index in [0.29, 0.717) is 44.5 Å². The van der Waals surface area contributed by atoms with Crippen molar-refractivity contribution in [2.24, 2.45) is 5.92 Å². The Bertz CT molecular complexity index is 745. The Morgan fingerprint density at radius 3 is 2.61 bits per heavy atom. The number of benzene rings is 1. The predicted octanol–water partition coefficient (Wildman–Crippen LogP) is 2.66. The predicted molar refractivity (Wildman–Crippen MR) is 108 cm³/mol. The SMILES string of the molecule is CCCCC(CC)CNS(=O)(=O)c1ccc(OC)c(C(=O)N2CCOCC2)c1. The number of amides is 1. The van der Waals surface area contributed by atoms with Gasteiger partial charge in [0.25, 0.3) is 5.91 Å². The molecule has 1 unspecified atom stereocenters. The molecule has 1 aliphatic rings. The molecule has 1 heterocycles. The van der Waals surface area contributed by atoms with E-state index in [1.165, 1.54) is 25.3 Å². The van der Waals surface area contributed by atoms with Crippen LogP contribution in [0.2, 0.25) is 0 Å². The summed E-state index contributed by atoms with van der Waals surface area (Å²) in [5.41, 5.74) is 0.255. The quantitative estimate of drug-likeness (QED) is 0.639. The zero-order chi connectivity index (χ0) is 20.6. The summed E-state index contributed by atoms with van der Waals surface area (Å²) in [4.78, 5) is 14.6. The molecule has 158 valence electrons. The highest BCUT2D eigenvalue weighted by atomic mass is 32.2. The van der Waals surface area contributed by atoms with Crippen molar-refractivity contribution >= 4 is 15.9 Å². The second-order valence-electron chi connectivity index (χ2n) is 7.04. The van der Waals surface area contributed by atoms with E-state index in [4.69, 9.17) is 9.47 Å². The molecule has 1 aromatic rings. The van der Waals surface area contributed by atoms with Gasteiger partial charge in [-0.15, -0.1) is 0 Å². The highest BCUT2D eigenvalue weighted by Gasteiger charge is 2.25. The Kier molecular flexibility index (Phi) is 8.72. The number of nitrogens with one attached hydrogen (secondary N) is 1. The summed E-state index contributed by atoms with van der Waals surface area (Å²) in [5, 5.41) is 0. The van der Waals surface area contributed by atoms with E-state index in [0.717, 1.165) is 25.7 Å². The number of rotatable bonds is 10. The van der Waals surface area contributed by atoms with E-state index in [1.807, 2.05) is 0 Å². The second-order valence-corrected chi connectivity index (χ2v) is 8.80. The Hall–Kier alpha value is -1.64. The average molecular weight is 413 g/mol. The zero-order valence-corrected chi connectivity index (χ0v) is 17.9. The monoisotopic (exact) mass is 412 g/mol. The van der Waals surface area contributed by atoms with Crippen molar-refractivity contribution in [1.29, 1.82) is 0 Å². The van der Waals surface area contributed by atoms with Crippen LogP contribution in [0.25, 0.3) is 0 Å². The summed E-state index contributed by atoms with van der Waals surface area (Å²) in [6.45, 7) is 6.51. The van der Waals surface area contributed by atoms with E-state index >= 15 is 0 Å². The fourth-order valence-electron chi connectivity index (χ4n) is 3.21. The number of ether oxygens (including phenoxy) is 2. The van der Waals surface area contributed by atoms with Gasteiger partial charge in [-0.1, -0.05) is 33.1 Å². The van der Waals surface area contributed by atoms with Gasteiger partial charge in [-0.2, -0.15) is 0 Å². The Morgan fingerprint density at radius 2 is 2.00 bits per heavy atom. The van der Waals surface area contributed by atoms with E-state index < -0.39 is 10.0 Å². The number of carbonyl (C=O) groups is 1. The maximum atomic E-state index is 12.9. The van der Waals surface area contributed by atoms with Crippen molar-refractivity contribution in [3.05, 3.63) is 23.8 Å². The molecule has 1 fully saturated rings. The van der Waals surface area contributed by atoms with Crippen LogP contribution in [0.15, 0.2) is 23.1 Å². The fraction of sp³-hybridized carbons (Fsp3) is 0.650. The molecule has 28 heavy (non-hydrogen) atoms. The third-order valence-corrected chi connectivity index (χ3v) is 6.54. The molecule has 0 aromatic heterocycles. The third kappa shape index (κ3) is 5.93. The number of unbranched alkanes of at least 4 members (excludes halogenated alkanes) is 1. The smallest absolute Gasteiger partial charge is 0.257 e. The summed E-state index contributed by atoms with van der Waals surface area (Å²) < 4.78 is 38.8. The molecule has 8 heteroatoms. The first-order valence-corrected chi connectivity index (χ1v) is 11.5. The highest BCUT2D eigenvalue weighted by molar-refractivity contribution is 7.89. The normalized spacial score (nSPS) is 16.0. The van der Waals surface area contributed by atoms with E-state index in [9.17, 15) is 13.2 Å². The Morgan fingerprint density at radius 1 is 1.29 bits per heavy atom. The molecule has 1 aliphatic heterocycles. The molecular formula is C20H32N2O5S. The lowest BCUT2D eigenvalue weighted by molar-refractivity contribution is 0.0300. The highest BCUT2D eigenvalue weighted by Crippen LogP contribution is 2.25. The summed E-state index contributed by atoms with van der Waals surface area (Å²) in [5.74, 6) is 0.429. The number of methoxy groups -OCH3 is 1. The van der Waals surface area contributed by atoms with Gasteiger partial charge < -0.3 is 14.4 Å². The van der Waals surface area contributed by atoms with Crippen LogP contribution in [0.3, 0.4) is 0 Å². The molecule has 1 N–H and O–H groups in total. The molecule has 0 saturated carbocycles. The maximum absolute atomic E-state index is 12.9. The maximum Gasteiger partial charge on any atom is 0.257 e. The molecule has 7 nitrogen and oxygen atoms in total. The zero-order valence-electron chi connectivity index (χ0n) is 17.1. The van der Waals surface area contributed by atoms with Crippen LogP contribution in [0, 0.1) is 5.92 Å². The molecule has 0 bridgehead atoms. The van der Waals surface area contributed by atoms with Crippen LogP contribution in [0.5, 0.6) is 5.75 Å². The molecule has 1 aromatic carbocycles. The summed E-state index contributed by atoms with van der Waals surface area (Å²) in [7, 11) is -2.23. The van der Waals surface area contributed by atoms with Crippen LogP contribution in [0.1, 0.15) is 49.9 Å². The minimum absolute atomic E-state index is 0.0789. The van der Waals surface area contributed by atoms with Crippen molar-refractivity contribution in [2.45, 2.75) is 44.4 Å². The van der Waals surface area contributed by atoms with Crippen LogP contribution in [-0.2, 0) is 14.8 Å². The standard InChI is InChI=1S/C20H32N2O5S/c1-4-6-7-16(5-2)15-21-28(24,25)17-8-9-19(26-3)18(14-17)20(23)22-10-12-27-13-11-22/h8-9,14,16,21H,4-7,10-13,15H2,1-3H3. The lowest BCUT2D eigenvalue weighted by Crippen LogP contribution is -2.41. The Balaban J connectivity index is 2.19. The second kappa shape index (κ2) is 10.8. The van der Waals surface area contributed by atoms with Gasteiger partial charge in [-0.25, -0.2) is 13.1 Å². The van der Waals surface area contributed by atoms with Gasteiger partial charge in [0.15, 0.2) is 0 Å². The number of nitrogens with zero attached hydrogens (tertiary/aromatic N) is 1. The summed E-state index contributed by atoms with van der Waals surface area (Å²) in [6.07, 6.45) is 4.10. The van der Waals surface area contributed by atoms with Crippen LogP contribution >= 0.6 is 0 Å². The lowest BCUT2D eigenvalue weighted by Gasteiger charge is -2.27. The van der Waals surface area contributed by atoms with Gasteiger partial charge in [0.05, 0.1) is 30.8 Å². The topological polar surface area (TPSA) is 84.9 Å². The molecule has 0 radical (unpaired) electrons. The van der Waals surface area contributed by atoms with Gasteiger partial charge in [-0.3, -0.25) is 4.79 Å². The minimum atomic E-state index is -3.70. The first-order chi connectivity index (χ1) is 13.4. The van der Waals surface area contributed by atoms with Gasteiger partial charge >= 0.3 is 0 Å².